The number of hydrazone groups is 1. The number of hydrazine groups is 1. The molecule has 0 amide bonds. The van der Waals surface area contributed by atoms with Gasteiger partial charge in [-0.1, -0.05) is 50.2 Å². The van der Waals surface area contributed by atoms with Crippen molar-refractivity contribution in [1.29, 1.82) is 0 Å². The van der Waals surface area contributed by atoms with Crippen molar-refractivity contribution >= 4 is 11.4 Å². The summed E-state index contributed by atoms with van der Waals surface area (Å²) in [5, 5.41) is 6.00. The molecule has 0 saturated carbocycles. The van der Waals surface area contributed by atoms with E-state index in [1.54, 1.807) is 11.2 Å². The fourth-order valence-electron chi connectivity index (χ4n) is 3.37. The Balaban J connectivity index is 1.72. The Hall–Kier alpha value is -3.28. The number of nitrogens with zero attached hydrogens (tertiary/aromatic N) is 3. The third kappa shape index (κ3) is 3.22. The van der Waals surface area contributed by atoms with E-state index in [1.807, 2.05) is 56.3 Å². The molecule has 0 fully saturated rings. The predicted molar refractivity (Wildman–Crippen MR) is 107 cm³/mol. The van der Waals surface area contributed by atoms with Crippen LogP contribution in [0.4, 0.5) is 14.5 Å². The van der Waals surface area contributed by atoms with E-state index >= 15 is 0 Å². The van der Waals surface area contributed by atoms with Crippen molar-refractivity contribution in [3.63, 3.8) is 0 Å². The topological polar surface area (TPSA) is 40.5 Å². The molecule has 1 aliphatic heterocycles. The molecule has 0 saturated heterocycles. The summed E-state index contributed by atoms with van der Waals surface area (Å²) in [5.41, 5.74) is 6.05. The van der Waals surface area contributed by atoms with Gasteiger partial charge in [0, 0.05) is 5.56 Å². The minimum absolute atomic E-state index is 0.0121. The molecule has 1 N–H and O–H groups in total. The molecule has 2 heterocycles. The van der Waals surface area contributed by atoms with Gasteiger partial charge in [0.05, 0.1) is 28.9 Å². The van der Waals surface area contributed by atoms with Crippen LogP contribution < -0.4 is 10.5 Å². The number of anilines is 1. The Morgan fingerprint density at radius 2 is 1.64 bits per heavy atom. The van der Waals surface area contributed by atoms with Crippen molar-refractivity contribution in [2.24, 2.45) is 11.0 Å². The summed E-state index contributed by atoms with van der Waals surface area (Å²) in [4.78, 5) is 4.52. The standard InChI is InChI=1S/C22H20F2N4/c1-14(2)21-22(20-17(23)9-6-10-18(20)24)28(27-26-21)16-11-12-19(25-13-16)15-7-4-3-5-8-15/h3-14,22,27H,1-2H3. The van der Waals surface area contributed by atoms with Crippen molar-refractivity contribution in [2.75, 3.05) is 5.01 Å². The molecular formula is C22H20F2N4. The molecule has 142 valence electrons. The number of hydrogen-bond donors (Lipinski definition) is 1. The van der Waals surface area contributed by atoms with Gasteiger partial charge >= 0.3 is 0 Å². The summed E-state index contributed by atoms with van der Waals surface area (Å²) in [7, 11) is 0. The fraction of sp³-hybridized carbons (Fsp3) is 0.182. The molecule has 0 spiro atoms. The van der Waals surface area contributed by atoms with Crippen LogP contribution in [0, 0.1) is 17.6 Å². The Bertz CT molecular complexity index is 981. The molecule has 4 rings (SSSR count). The quantitative estimate of drug-likeness (QED) is 0.686. The van der Waals surface area contributed by atoms with E-state index in [0.717, 1.165) is 11.3 Å². The maximum Gasteiger partial charge on any atom is 0.131 e. The molecule has 0 bridgehead atoms. The zero-order valence-electron chi connectivity index (χ0n) is 15.6. The molecule has 1 atom stereocenters. The van der Waals surface area contributed by atoms with E-state index in [2.05, 4.69) is 15.6 Å². The number of benzene rings is 2. The molecule has 28 heavy (non-hydrogen) atoms. The second-order valence-electron chi connectivity index (χ2n) is 6.97. The monoisotopic (exact) mass is 378 g/mol. The third-order valence-electron chi connectivity index (χ3n) is 4.79. The molecule has 3 aromatic rings. The van der Waals surface area contributed by atoms with E-state index in [9.17, 15) is 8.78 Å². The maximum atomic E-state index is 14.5. The Morgan fingerprint density at radius 1 is 0.929 bits per heavy atom. The van der Waals surface area contributed by atoms with E-state index in [4.69, 9.17) is 0 Å². The molecule has 4 nitrogen and oxygen atoms in total. The SMILES string of the molecule is CC(C)C1=NNN(c2ccc(-c3ccccc3)nc2)C1c1c(F)cccc1F. The Labute approximate surface area is 162 Å². The van der Waals surface area contributed by atoms with Gasteiger partial charge in [-0.3, -0.25) is 9.99 Å². The van der Waals surface area contributed by atoms with Gasteiger partial charge < -0.3 is 0 Å². The van der Waals surface area contributed by atoms with Crippen LogP contribution in [0.1, 0.15) is 25.5 Å². The summed E-state index contributed by atoms with van der Waals surface area (Å²) in [6, 6.07) is 16.8. The van der Waals surface area contributed by atoms with Gasteiger partial charge in [0.2, 0.25) is 0 Å². The molecular weight excluding hydrogens is 358 g/mol. The predicted octanol–water partition coefficient (Wildman–Crippen LogP) is 5.10. The van der Waals surface area contributed by atoms with Crippen molar-refractivity contribution in [3.05, 3.63) is 84.1 Å². The normalized spacial score (nSPS) is 16.2. The lowest BCUT2D eigenvalue weighted by Gasteiger charge is -2.28. The highest BCUT2D eigenvalue weighted by atomic mass is 19.1. The van der Waals surface area contributed by atoms with E-state index in [-0.39, 0.29) is 11.5 Å². The summed E-state index contributed by atoms with van der Waals surface area (Å²) in [6.45, 7) is 3.90. The number of rotatable bonds is 4. The number of nitrogens with one attached hydrogen (secondary N) is 1. The lowest BCUT2D eigenvalue weighted by molar-refractivity contribution is 0.534. The van der Waals surface area contributed by atoms with E-state index < -0.39 is 17.7 Å². The average Bonchev–Trinajstić information content (AvgIpc) is 3.14. The van der Waals surface area contributed by atoms with Gasteiger partial charge in [-0.25, -0.2) is 14.3 Å². The second-order valence-corrected chi connectivity index (χ2v) is 6.97. The van der Waals surface area contributed by atoms with Crippen LogP contribution in [-0.2, 0) is 0 Å². The maximum absolute atomic E-state index is 14.5. The first kappa shape index (κ1) is 18.1. The molecule has 2 aromatic carbocycles. The van der Waals surface area contributed by atoms with Crippen molar-refractivity contribution < 1.29 is 8.78 Å². The first-order valence-corrected chi connectivity index (χ1v) is 9.14. The van der Waals surface area contributed by atoms with Crippen LogP contribution in [0.3, 0.4) is 0 Å². The van der Waals surface area contributed by atoms with E-state index in [0.29, 0.717) is 11.4 Å². The number of pyridine rings is 1. The van der Waals surface area contributed by atoms with Crippen molar-refractivity contribution in [3.8, 4) is 11.3 Å². The molecule has 1 unspecified atom stereocenters. The minimum atomic E-state index is -0.689. The zero-order chi connectivity index (χ0) is 19.7. The summed E-state index contributed by atoms with van der Waals surface area (Å²) < 4.78 is 29.1. The van der Waals surface area contributed by atoms with Gasteiger partial charge in [0.15, 0.2) is 0 Å². The lowest BCUT2D eigenvalue weighted by atomic mass is 9.93. The van der Waals surface area contributed by atoms with Gasteiger partial charge in [-0.05, 0) is 30.2 Å². The van der Waals surface area contributed by atoms with Crippen LogP contribution in [0.15, 0.2) is 72.0 Å². The van der Waals surface area contributed by atoms with Gasteiger partial charge in [-0.15, -0.1) is 0 Å². The largest absolute Gasteiger partial charge is 0.257 e. The summed E-state index contributed by atoms with van der Waals surface area (Å²) in [5.74, 6) is -1.18. The van der Waals surface area contributed by atoms with Crippen LogP contribution >= 0.6 is 0 Å². The van der Waals surface area contributed by atoms with Crippen LogP contribution in [0.25, 0.3) is 11.3 Å². The average molecular weight is 378 g/mol. The fourth-order valence-corrected chi connectivity index (χ4v) is 3.37. The Morgan fingerprint density at radius 3 is 2.25 bits per heavy atom. The van der Waals surface area contributed by atoms with Crippen molar-refractivity contribution in [1.82, 2.24) is 10.5 Å². The van der Waals surface area contributed by atoms with Crippen molar-refractivity contribution in [2.45, 2.75) is 19.9 Å². The highest BCUT2D eigenvalue weighted by Gasteiger charge is 2.36. The van der Waals surface area contributed by atoms with Gasteiger partial charge in [0.25, 0.3) is 0 Å². The van der Waals surface area contributed by atoms with Crippen LogP contribution in [0.2, 0.25) is 0 Å². The molecule has 0 radical (unpaired) electrons. The molecule has 1 aromatic heterocycles. The number of hydrogen-bond acceptors (Lipinski definition) is 4. The van der Waals surface area contributed by atoms with Crippen LogP contribution in [-0.4, -0.2) is 10.7 Å². The van der Waals surface area contributed by atoms with E-state index in [1.165, 1.54) is 18.2 Å². The first-order valence-electron chi connectivity index (χ1n) is 9.14. The zero-order valence-corrected chi connectivity index (χ0v) is 15.6. The minimum Gasteiger partial charge on any atom is -0.257 e. The number of halogens is 2. The molecule has 6 heteroatoms. The highest BCUT2D eigenvalue weighted by molar-refractivity contribution is 5.96. The smallest absolute Gasteiger partial charge is 0.131 e. The molecule has 1 aliphatic rings. The summed E-state index contributed by atoms with van der Waals surface area (Å²) >= 11 is 0. The highest BCUT2D eigenvalue weighted by Crippen LogP contribution is 2.35. The summed E-state index contributed by atoms with van der Waals surface area (Å²) in [6.07, 6.45) is 1.68. The molecule has 0 aliphatic carbocycles. The van der Waals surface area contributed by atoms with Gasteiger partial charge in [-0.2, -0.15) is 5.10 Å². The Kier molecular flexibility index (Phi) is 4.77. The second kappa shape index (κ2) is 7.38. The number of aromatic nitrogens is 1. The van der Waals surface area contributed by atoms with Crippen LogP contribution in [0.5, 0.6) is 0 Å². The first-order chi connectivity index (χ1) is 13.6. The lowest BCUT2D eigenvalue weighted by Crippen LogP contribution is -2.36. The van der Waals surface area contributed by atoms with Gasteiger partial charge in [0.1, 0.15) is 17.7 Å². The third-order valence-corrected chi connectivity index (χ3v) is 4.79.